The van der Waals surface area contributed by atoms with Crippen LogP contribution in [0.25, 0.3) is 11.3 Å². The average Bonchev–Trinajstić information content (AvgIpc) is 2.96. The summed E-state index contributed by atoms with van der Waals surface area (Å²) >= 11 is 0. The smallest absolute Gasteiger partial charge is 0.262 e. The molecule has 0 atom stereocenters. The lowest BCUT2D eigenvalue weighted by atomic mass is 10.1. The Bertz CT molecular complexity index is 991. The molecule has 0 aliphatic heterocycles. The fourth-order valence-corrected chi connectivity index (χ4v) is 3.83. The molecule has 5 nitrogen and oxygen atoms in total. The zero-order valence-corrected chi connectivity index (χ0v) is 14.5. The van der Waals surface area contributed by atoms with Gasteiger partial charge < -0.3 is 4.52 Å². The maximum atomic E-state index is 12.8. The van der Waals surface area contributed by atoms with Gasteiger partial charge in [0.1, 0.15) is 0 Å². The molecule has 3 aromatic rings. The first-order valence-corrected chi connectivity index (χ1v) is 8.98. The summed E-state index contributed by atoms with van der Waals surface area (Å²) in [5, 5.41) is 3.85. The molecule has 3 rings (SSSR count). The van der Waals surface area contributed by atoms with Crippen LogP contribution >= 0.6 is 0 Å². The van der Waals surface area contributed by atoms with Crippen molar-refractivity contribution in [3.8, 4) is 11.3 Å². The minimum Gasteiger partial charge on any atom is -0.356 e. The molecule has 0 saturated heterocycles. The van der Waals surface area contributed by atoms with E-state index in [0.29, 0.717) is 22.6 Å². The third kappa shape index (κ3) is 3.19. The second-order valence-electron chi connectivity index (χ2n) is 5.73. The Morgan fingerprint density at radius 1 is 0.958 bits per heavy atom. The van der Waals surface area contributed by atoms with E-state index in [1.165, 1.54) is 0 Å². The molecule has 6 heteroatoms. The van der Waals surface area contributed by atoms with Crippen molar-refractivity contribution in [2.24, 2.45) is 0 Å². The highest BCUT2D eigenvalue weighted by molar-refractivity contribution is 7.92. The number of nitrogens with one attached hydrogen (secondary N) is 1. The number of hydrogen-bond acceptors (Lipinski definition) is 4. The molecule has 2 aromatic carbocycles. The topological polar surface area (TPSA) is 72.2 Å². The fraction of sp³-hybridized carbons (Fsp3) is 0.167. The molecular weight excluding hydrogens is 324 g/mol. The Morgan fingerprint density at radius 2 is 1.71 bits per heavy atom. The molecule has 124 valence electrons. The lowest BCUT2D eigenvalue weighted by Crippen LogP contribution is -2.15. The van der Waals surface area contributed by atoms with Crippen molar-refractivity contribution < 1.29 is 12.9 Å². The van der Waals surface area contributed by atoms with Gasteiger partial charge in [0.25, 0.3) is 10.0 Å². The zero-order chi connectivity index (χ0) is 17.3. The number of anilines is 1. The maximum absolute atomic E-state index is 12.8. The van der Waals surface area contributed by atoms with Crippen LogP contribution in [-0.4, -0.2) is 13.6 Å². The lowest BCUT2D eigenvalue weighted by Gasteiger charge is -2.13. The van der Waals surface area contributed by atoms with E-state index in [2.05, 4.69) is 9.88 Å². The van der Waals surface area contributed by atoms with E-state index in [-0.39, 0.29) is 4.90 Å². The molecule has 0 spiro atoms. The van der Waals surface area contributed by atoms with Gasteiger partial charge in [0, 0.05) is 11.6 Å². The van der Waals surface area contributed by atoms with Gasteiger partial charge in [-0.05, 0) is 44.0 Å². The summed E-state index contributed by atoms with van der Waals surface area (Å²) in [4.78, 5) is 0.220. The first-order chi connectivity index (χ1) is 11.4. The number of aromatic nitrogens is 1. The monoisotopic (exact) mass is 342 g/mol. The van der Waals surface area contributed by atoms with Crippen molar-refractivity contribution in [2.45, 2.75) is 25.7 Å². The van der Waals surface area contributed by atoms with Crippen LogP contribution in [0.5, 0.6) is 0 Å². The first kappa shape index (κ1) is 16.3. The van der Waals surface area contributed by atoms with Crippen molar-refractivity contribution in [2.75, 3.05) is 4.72 Å². The summed E-state index contributed by atoms with van der Waals surface area (Å²) < 4.78 is 33.5. The highest BCUT2D eigenvalue weighted by Gasteiger charge is 2.19. The lowest BCUT2D eigenvalue weighted by molar-refractivity contribution is 0.427. The average molecular weight is 342 g/mol. The van der Waals surface area contributed by atoms with Crippen molar-refractivity contribution >= 4 is 15.7 Å². The van der Waals surface area contributed by atoms with E-state index in [1.807, 2.05) is 32.0 Å². The fourth-order valence-electron chi connectivity index (χ4n) is 2.43. The van der Waals surface area contributed by atoms with E-state index in [9.17, 15) is 8.42 Å². The van der Waals surface area contributed by atoms with Crippen molar-refractivity contribution in [1.29, 1.82) is 0 Å². The van der Waals surface area contributed by atoms with E-state index in [1.54, 1.807) is 37.3 Å². The molecule has 1 aromatic heterocycles. The molecule has 0 unspecified atom stereocenters. The van der Waals surface area contributed by atoms with Crippen LogP contribution in [0.4, 0.5) is 5.69 Å². The van der Waals surface area contributed by atoms with Crippen LogP contribution in [-0.2, 0) is 10.0 Å². The predicted octanol–water partition coefficient (Wildman–Crippen LogP) is 4.07. The van der Waals surface area contributed by atoms with E-state index in [0.717, 1.165) is 11.3 Å². The summed E-state index contributed by atoms with van der Waals surface area (Å²) in [6.45, 7) is 5.44. The molecule has 0 fully saturated rings. The molecule has 0 saturated carbocycles. The molecule has 0 aliphatic carbocycles. The van der Waals surface area contributed by atoms with Gasteiger partial charge in [-0.25, -0.2) is 8.42 Å². The third-order valence-electron chi connectivity index (χ3n) is 3.78. The van der Waals surface area contributed by atoms with Crippen LogP contribution in [0, 0.1) is 20.8 Å². The van der Waals surface area contributed by atoms with Crippen molar-refractivity contribution in [1.82, 2.24) is 5.16 Å². The Balaban J connectivity index is 2.03. The van der Waals surface area contributed by atoms with Crippen LogP contribution in [0.3, 0.4) is 0 Å². The van der Waals surface area contributed by atoms with Gasteiger partial charge in [-0.3, -0.25) is 4.72 Å². The van der Waals surface area contributed by atoms with E-state index in [4.69, 9.17) is 4.52 Å². The number of benzene rings is 2. The Morgan fingerprint density at radius 3 is 2.38 bits per heavy atom. The molecule has 24 heavy (non-hydrogen) atoms. The highest BCUT2D eigenvalue weighted by atomic mass is 32.2. The van der Waals surface area contributed by atoms with Gasteiger partial charge >= 0.3 is 0 Å². The summed E-state index contributed by atoms with van der Waals surface area (Å²) in [7, 11) is -3.70. The standard InChI is InChI=1S/C18H18N2O3S/c1-12-6-4-5-7-16(12)20-24(21,22)18-11-15(9-8-13(18)2)17-10-14(3)19-23-17/h4-11,20H,1-3H3. The molecule has 1 heterocycles. The SMILES string of the molecule is Cc1cc(-c2ccc(C)c(S(=O)(=O)Nc3ccccc3C)c2)on1. The molecular formula is C18H18N2O3S. The third-order valence-corrected chi connectivity index (χ3v) is 5.29. The number of para-hydroxylation sites is 1. The Labute approximate surface area is 141 Å². The van der Waals surface area contributed by atoms with Gasteiger partial charge in [-0.1, -0.05) is 35.5 Å². The number of aryl methyl sites for hydroxylation is 3. The second-order valence-corrected chi connectivity index (χ2v) is 7.38. The summed E-state index contributed by atoms with van der Waals surface area (Å²) in [5.41, 5.74) is 3.51. The van der Waals surface area contributed by atoms with Gasteiger partial charge in [0.2, 0.25) is 0 Å². The van der Waals surface area contributed by atoms with Gasteiger partial charge in [0.15, 0.2) is 5.76 Å². The largest absolute Gasteiger partial charge is 0.356 e. The molecule has 1 N–H and O–H groups in total. The zero-order valence-electron chi connectivity index (χ0n) is 13.7. The number of rotatable bonds is 4. The minimum atomic E-state index is -3.70. The van der Waals surface area contributed by atoms with Gasteiger partial charge in [-0.2, -0.15) is 0 Å². The second kappa shape index (κ2) is 6.13. The van der Waals surface area contributed by atoms with E-state index >= 15 is 0 Å². The van der Waals surface area contributed by atoms with Gasteiger partial charge in [-0.15, -0.1) is 0 Å². The van der Waals surface area contributed by atoms with Crippen molar-refractivity contribution in [3.63, 3.8) is 0 Å². The normalized spacial score (nSPS) is 11.5. The van der Waals surface area contributed by atoms with Gasteiger partial charge in [0.05, 0.1) is 16.3 Å². The van der Waals surface area contributed by atoms with Crippen LogP contribution in [0.1, 0.15) is 16.8 Å². The molecule has 0 bridgehead atoms. The molecule has 0 amide bonds. The Kier molecular flexibility index (Phi) is 4.15. The van der Waals surface area contributed by atoms with Crippen LogP contribution in [0.15, 0.2) is 57.9 Å². The Hall–Kier alpha value is -2.60. The molecule has 0 aliphatic rings. The minimum absolute atomic E-state index is 0.220. The number of nitrogens with zero attached hydrogens (tertiary/aromatic N) is 1. The van der Waals surface area contributed by atoms with Crippen LogP contribution in [0.2, 0.25) is 0 Å². The summed E-state index contributed by atoms with van der Waals surface area (Å²) in [5.74, 6) is 0.542. The molecule has 0 radical (unpaired) electrons. The number of hydrogen-bond donors (Lipinski definition) is 1. The van der Waals surface area contributed by atoms with Crippen LogP contribution < -0.4 is 4.72 Å². The highest BCUT2D eigenvalue weighted by Crippen LogP contribution is 2.27. The summed E-state index contributed by atoms with van der Waals surface area (Å²) in [6, 6.07) is 14.2. The first-order valence-electron chi connectivity index (χ1n) is 7.49. The number of sulfonamides is 1. The van der Waals surface area contributed by atoms with E-state index < -0.39 is 10.0 Å². The quantitative estimate of drug-likeness (QED) is 0.776. The maximum Gasteiger partial charge on any atom is 0.262 e. The predicted molar refractivity (Wildman–Crippen MR) is 93.4 cm³/mol. The summed E-state index contributed by atoms with van der Waals surface area (Å²) in [6.07, 6.45) is 0. The van der Waals surface area contributed by atoms with Crippen molar-refractivity contribution in [3.05, 3.63) is 65.4 Å².